The van der Waals surface area contributed by atoms with Crippen molar-refractivity contribution in [1.82, 2.24) is 0 Å². The first-order chi connectivity index (χ1) is 6.95. The number of para-hydroxylation sites is 1. The first-order valence-corrected chi connectivity index (χ1v) is 5.30. The van der Waals surface area contributed by atoms with Crippen LogP contribution in [0.3, 0.4) is 0 Å². The van der Waals surface area contributed by atoms with Gasteiger partial charge in [0.15, 0.2) is 5.71 Å². The van der Waals surface area contributed by atoms with Gasteiger partial charge >= 0.3 is 0 Å². The second kappa shape index (κ2) is 2.26. The molecule has 2 heteroatoms. The van der Waals surface area contributed by atoms with Crippen molar-refractivity contribution in [1.29, 1.82) is 0 Å². The van der Waals surface area contributed by atoms with Crippen molar-refractivity contribution in [3.8, 4) is 0 Å². The van der Waals surface area contributed by atoms with Gasteiger partial charge in [-0.05, 0) is 12.8 Å². The monoisotopic (exact) mass is 186 g/mol. The van der Waals surface area contributed by atoms with Crippen LogP contribution < -0.4 is 0 Å². The van der Waals surface area contributed by atoms with Crippen LogP contribution in [0.15, 0.2) is 24.3 Å². The normalized spacial score (nSPS) is 32.3. The maximum absolute atomic E-state index is 5.76. The van der Waals surface area contributed by atoms with E-state index in [-0.39, 0.29) is 0 Å². The van der Waals surface area contributed by atoms with Gasteiger partial charge in [0.2, 0.25) is 5.69 Å². The van der Waals surface area contributed by atoms with Crippen molar-refractivity contribution in [3.05, 3.63) is 29.8 Å². The highest BCUT2D eigenvalue weighted by molar-refractivity contribution is 5.97. The van der Waals surface area contributed by atoms with Crippen LogP contribution in [0.1, 0.15) is 24.3 Å². The highest BCUT2D eigenvalue weighted by Gasteiger charge is 2.51. The summed E-state index contributed by atoms with van der Waals surface area (Å²) < 4.78 is 8.13. The van der Waals surface area contributed by atoms with Crippen LogP contribution in [0, 0.1) is 0 Å². The van der Waals surface area contributed by atoms with E-state index >= 15 is 0 Å². The highest BCUT2D eigenvalue weighted by atomic mass is 16.5. The zero-order chi connectivity index (χ0) is 9.12. The molecule has 0 aromatic heterocycles. The SMILES string of the molecule is c1ccc2c(c1)C1CCC3OC[N+]2=C31. The van der Waals surface area contributed by atoms with Gasteiger partial charge in [0.05, 0.1) is 5.92 Å². The molecule has 2 unspecified atom stereocenters. The molecule has 1 saturated carbocycles. The van der Waals surface area contributed by atoms with Crippen LogP contribution in [0.2, 0.25) is 0 Å². The molecule has 0 amide bonds. The average Bonchev–Trinajstić information content (AvgIpc) is 2.86. The fraction of sp³-hybridized carbons (Fsp3) is 0.417. The Morgan fingerprint density at radius 2 is 2.14 bits per heavy atom. The van der Waals surface area contributed by atoms with Crippen molar-refractivity contribution in [2.75, 3.05) is 6.73 Å². The smallest absolute Gasteiger partial charge is 0.254 e. The van der Waals surface area contributed by atoms with E-state index in [9.17, 15) is 0 Å². The van der Waals surface area contributed by atoms with Gasteiger partial charge in [0.25, 0.3) is 6.73 Å². The lowest BCUT2D eigenvalue weighted by atomic mass is 9.98. The molecule has 1 aliphatic carbocycles. The maximum Gasteiger partial charge on any atom is 0.254 e. The average molecular weight is 186 g/mol. The van der Waals surface area contributed by atoms with Crippen LogP contribution in [-0.2, 0) is 4.74 Å². The first kappa shape index (κ1) is 7.18. The summed E-state index contributed by atoms with van der Waals surface area (Å²) in [6.45, 7) is 0.771. The van der Waals surface area contributed by atoms with Gasteiger partial charge < -0.3 is 4.74 Å². The van der Waals surface area contributed by atoms with Gasteiger partial charge in [-0.1, -0.05) is 18.2 Å². The standard InChI is InChI=1S/C12H12NO/c1-2-4-10-8(3-1)9-5-6-11-12(9)13(10)7-14-11/h1-4,9,11H,5-7H2/q+1. The predicted molar refractivity (Wildman–Crippen MR) is 53.1 cm³/mol. The molecule has 2 nitrogen and oxygen atoms in total. The lowest BCUT2D eigenvalue weighted by Gasteiger charge is -2.00. The van der Waals surface area contributed by atoms with Gasteiger partial charge in [-0.15, -0.1) is 0 Å². The summed E-state index contributed by atoms with van der Waals surface area (Å²) in [7, 11) is 0. The Balaban J connectivity index is 2.02. The van der Waals surface area contributed by atoms with Crippen molar-refractivity contribution in [2.24, 2.45) is 0 Å². The summed E-state index contributed by atoms with van der Waals surface area (Å²) in [5.41, 5.74) is 4.44. The zero-order valence-corrected chi connectivity index (χ0v) is 7.94. The quantitative estimate of drug-likeness (QED) is 0.564. The molecule has 70 valence electrons. The van der Waals surface area contributed by atoms with Gasteiger partial charge in [-0.2, -0.15) is 4.58 Å². The second-order valence-corrected chi connectivity index (χ2v) is 4.33. The van der Waals surface area contributed by atoms with E-state index < -0.39 is 0 Å². The second-order valence-electron chi connectivity index (χ2n) is 4.33. The lowest BCUT2D eigenvalue weighted by Crippen LogP contribution is -2.14. The summed E-state index contributed by atoms with van der Waals surface area (Å²) >= 11 is 0. The molecule has 0 spiro atoms. The van der Waals surface area contributed by atoms with E-state index in [1.165, 1.54) is 29.8 Å². The Labute approximate surface area is 82.8 Å². The summed E-state index contributed by atoms with van der Waals surface area (Å²) in [5.74, 6) is 0.665. The zero-order valence-electron chi connectivity index (χ0n) is 7.94. The molecule has 14 heavy (non-hydrogen) atoms. The fourth-order valence-corrected chi connectivity index (χ4v) is 3.16. The molecule has 0 radical (unpaired) electrons. The molecule has 2 atom stereocenters. The minimum absolute atomic E-state index is 0.424. The largest absolute Gasteiger partial charge is 0.309 e. The number of fused-ring (bicyclic) bond motifs is 3. The summed E-state index contributed by atoms with van der Waals surface area (Å²) in [6, 6.07) is 8.75. The molecular formula is C12H12NO+. The Kier molecular flexibility index (Phi) is 1.16. The molecule has 0 saturated heterocycles. The molecular weight excluding hydrogens is 174 g/mol. The fourth-order valence-electron chi connectivity index (χ4n) is 3.16. The highest BCUT2D eigenvalue weighted by Crippen LogP contribution is 2.46. The van der Waals surface area contributed by atoms with Gasteiger partial charge in [0, 0.05) is 11.6 Å². The van der Waals surface area contributed by atoms with Gasteiger partial charge in [-0.25, -0.2) is 0 Å². The van der Waals surface area contributed by atoms with Crippen LogP contribution in [0.25, 0.3) is 0 Å². The lowest BCUT2D eigenvalue weighted by molar-refractivity contribution is -0.468. The molecule has 4 rings (SSSR count). The maximum atomic E-state index is 5.76. The van der Waals surface area contributed by atoms with Crippen molar-refractivity contribution in [3.63, 3.8) is 0 Å². The van der Waals surface area contributed by atoms with Gasteiger partial charge in [0.1, 0.15) is 6.10 Å². The van der Waals surface area contributed by atoms with Crippen LogP contribution in [0.4, 0.5) is 5.69 Å². The molecule has 3 aliphatic rings. The molecule has 1 aromatic carbocycles. The minimum atomic E-state index is 0.424. The number of rotatable bonds is 0. The van der Waals surface area contributed by atoms with E-state index in [4.69, 9.17) is 4.74 Å². The molecule has 1 aromatic rings. The van der Waals surface area contributed by atoms with E-state index in [0.29, 0.717) is 12.0 Å². The first-order valence-electron chi connectivity index (χ1n) is 5.30. The molecule has 0 bridgehead atoms. The third-order valence-electron chi connectivity index (χ3n) is 3.72. The van der Waals surface area contributed by atoms with Crippen LogP contribution in [0.5, 0.6) is 0 Å². The minimum Gasteiger partial charge on any atom is -0.309 e. The van der Waals surface area contributed by atoms with E-state index in [1.807, 2.05) is 0 Å². The molecule has 2 heterocycles. The Morgan fingerprint density at radius 3 is 3.14 bits per heavy atom. The topological polar surface area (TPSA) is 12.2 Å². The molecule has 1 fully saturated rings. The van der Waals surface area contributed by atoms with Crippen LogP contribution >= 0.6 is 0 Å². The third-order valence-corrected chi connectivity index (χ3v) is 3.72. The van der Waals surface area contributed by atoms with Crippen molar-refractivity contribution in [2.45, 2.75) is 24.9 Å². The van der Waals surface area contributed by atoms with E-state index in [2.05, 4.69) is 28.8 Å². The van der Waals surface area contributed by atoms with Gasteiger partial charge in [-0.3, -0.25) is 0 Å². The molecule has 2 aliphatic heterocycles. The summed E-state index contributed by atoms with van der Waals surface area (Å²) in [6.07, 6.45) is 2.91. The number of nitrogens with zero attached hydrogens (tertiary/aromatic N) is 1. The van der Waals surface area contributed by atoms with Crippen molar-refractivity contribution < 1.29 is 9.31 Å². The number of ether oxygens (including phenoxy) is 1. The molecule has 0 N–H and O–H groups in total. The number of benzene rings is 1. The predicted octanol–water partition coefficient (Wildman–Crippen LogP) is 2.02. The Hall–Kier alpha value is -1.15. The summed E-state index contributed by atoms with van der Waals surface area (Å²) in [4.78, 5) is 0. The Morgan fingerprint density at radius 1 is 1.21 bits per heavy atom. The number of hydrogen-bond donors (Lipinski definition) is 0. The van der Waals surface area contributed by atoms with E-state index in [1.54, 1.807) is 0 Å². The Bertz CT molecular complexity index is 449. The third kappa shape index (κ3) is 0.663. The summed E-state index contributed by atoms with van der Waals surface area (Å²) in [5, 5.41) is 0. The number of hydrogen-bond acceptors (Lipinski definition) is 1. The van der Waals surface area contributed by atoms with Crippen LogP contribution in [-0.4, -0.2) is 23.1 Å². The van der Waals surface area contributed by atoms with E-state index in [0.717, 1.165) is 6.73 Å². The van der Waals surface area contributed by atoms with Crippen molar-refractivity contribution >= 4 is 11.4 Å².